The average molecular weight is 335 g/mol. The van der Waals surface area contributed by atoms with Crippen molar-refractivity contribution in [3.8, 4) is 0 Å². The van der Waals surface area contributed by atoms with E-state index in [0.29, 0.717) is 12.5 Å². The van der Waals surface area contributed by atoms with E-state index in [-0.39, 0.29) is 10.9 Å². The number of fused-ring (bicyclic) bond motifs is 1. The van der Waals surface area contributed by atoms with E-state index in [4.69, 9.17) is 0 Å². The lowest BCUT2D eigenvalue weighted by Gasteiger charge is -2.17. The molecule has 126 valence electrons. The minimum absolute atomic E-state index is 0.169. The van der Waals surface area contributed by atoms with Gasteiger partial charge in [-0.1, -0.05) is 26.3 Å². The molecule has 5 nitrogen and oxygen atoms in total. The molecule has 0 amide bonds. The largest absolute Gasteiger partial charge is 0.315 e. The fraction of sp³-hybridized carbons (Fsp3) is 0.471. The third-order valence-corrected chi connectivity index (χ3v) is 5.51. The highest BCUT2D eigenvalue weighted by Gasteiger charge is 2.17. The molecule has 0 saturated carbocycles. The lowest BCUT2D eigenvalue weighted by Crippen LogP contribution is -2.40. The standard InChI is InChI=1S/C17H25N3O2S/c1-4-13(2)10-19-11-14(3)20-23(21,22)17-6-5-16-12-18-8-7-15(16)9-17/h5-9,12-14,19-20H,4,10-11H2,1-3H3/t13?,14-/m1/s1. The molecular formula is C17H25N3O2S. The maximum absolute atomic E-state index is 12.5. The average Bonchev–Trinajstić information content (AvgIpc) is 2.53. The van der Waals surface area contributed by atoms with Crippen LogP contribution in [0.5, 0.6) is 0 Å². The second-order valence-electron chi connectivity index (χ2n) is 6.08. The monoisotopic (exact) mass is 335 g/mol. The molecule has 0 radical (unpaired) electrons. The fourth-order valence-corrected chi connectivity index (χ4v) is 3.57. The van der Waals surface area contributed by atoms with Crippen LogP contribution in [0.4, 0.5) is 0 Å². The van der Waals surface area contributed by atoms with Crippen molar-refractivity contribution >= 4 is 20.8 Å². The second-order valence-corrected chi connectivity index (χ2v) is 7.79. The number of hydrogen-bond donors (Lipinski definition) is 2. The highest BCUT2D eigenvalue weighted by atomic mass is 32.2. The van der Waals surface area contributed by atoms with Gasteiger partial charge in [0.15, 0.2) is 0 Å². The quantitative estimate of drug-likeness (QED) is 0.778. The topological polar surface area (TPSA) is 71.1 Å². The van der Waals surface area contributed by atoms with E-state index in [1.165, 1.54) is 0 Å². The van der Waals surface area contributed by atoms with Gasteiger partial charge in [-0.25, -0.2) is 13.1 Å². The van der Waals surface area contributed by atoms with E-state index >= 15 is 0 Å². The molecule has 2 atom stereocenters. The minimum atomic E-state index is -3.52. The first-order valence-electron chi connectivity index (χ1n) is 7.99. The molecule has 1 aromatic carbocycles. The van der Waals surface area contributed by atoms with E-state index in [9.17, 15) is 8.42 Å². The van der Waals surface area contributed by atoms with Crippen LogP contribution in [-0.2, 0) is 10.0 Å². The van der Waals surface area contributed by atoms with Gasteiger partial charge in [0, 0.05) is 30.4 Å². The molecule has 0 fully saturated rings. The predicted octanol–water partition coefficient (Wildman–Crippen LogP) is 2.54. The molecule has 1 heterocycles. The maximum Gasteiger partial charge on any atom is 0.240 e. The van der Waals surface area contributed by atoms with Crippen molar-refractivity contribution < 1.29 is 8.42 Å². The van der Waals surface area contributed by atoms with E-state index in [0.717, 1.165) is 23.7 Å². The van der Waals surface area contributed by atoms with Gasteiger partial charge in [-0.3, -0.25) is 4.98 Å². The van der Waals surface area contributed by atoms with Crippen molar-refractivity contribution in [1.82, 2.24) is 15.0 Å². The number of pyridine rings is 1. The summed E-state index contributed by atoms with van der Waals surface area (Å²) in [6.45, 7) is 7.69. The Bertz CT molecular complexity index is 746. The number of benzene rings is 1. The normalized spacial score (nSPS) is 14.7. The molecule has 6 heteroatoms. The van der Waals surface area contributed by atoms with E-state index < -0.39 is 10.0 Å². The number of rotatable bonds is 8. The van der Waals surface area contributed by atoms with Crippen LogP contribution in [0.15, 0.2) is 41.6 Å². The summed E-state index contributed by atoms with van der Waals surface area (Å²) in [5, 5.41) is 5.10. The second kappa shape index (κ2) is 7.86. The number of hydrogen-bond acceptors (Lipinski definition) is 4. The summed E-state index contributed by atoms with van der Waals surface area (Å²) >= 11 is 0. The maximum atomic E-state index is 12.5. The molecule has 1 aromatic heterocycles. The SMILES string of the molecule is CCC(C)CNC[C@@H](C)NS(=O)(=O)c1ccc2cnccc2c1. The Morgan fingerprint density at radius 3 is 2.65 bits per heavy atom. The van der Waals surface area contributed by atoms with Gasteiger partial charge in [0.2, 0.25) is 10.0 Å². The van der Waals surface area contributed by atoms with Crippen LogP contribution >= 0.6 is 0 Å². The lowest BCUT2D eigenvalue weighted by atomic mass is 10.1. The van der Waals surface area contributed by atoms with Crippen LogP contribution in [0, 0.1) is 5.92 Å². The molecular weight excluding hydrogens is 310 g/mol. The summed E-state index contributed by atoms with van der Waals surface area (Å²) < 4.78 is 27.7. The molecule has 0 aliphatic heterocycles. The van der Waals surface area contributed by atoms with Crippen LogP contribution in [-0.4, -0.2) is 32.5 Å². The van der Waals surface area contributed by atoms with Crippen molar-refractivity contribution in [2.24, 2.45) is 5.92 Å². The van der Waals surface area contributed by atoms with Crippen molar-refractivity contribution in [2.75, 3.05) is 13.1 Å². The zero-order valence-corrected chi connectivity index (χ0v) is 14.7. The van der Waals surface area contributed by atoms with Crippen LogP contribution < -0.4 is 10.0 Å². The number of nitrogens with one attached hydrogen (secondary N) is 2. The molecule has 0 bridgehead atoms. The number of sulfonamides is 1. The van der Waals surface area contributed by atoms with Gasteiger partial charge in [-0.15, -0.1) is 0 Å². The molecule has 0 spiro atoms. The minimum Gasteiger partial charge on any atom is -0.315 e. The summed E-state index contributed by atoms with van der Waals surface area (Å²) in [5.41, 5.74) is 0. The smallest absolute Gasteiger partial charge is 0.240 e. The van der Waals surface area contributed by atoms with Gasteiger partial charge in [0.1, 0.15) is 0 Å². The Morgan fingerprint density at radius 2 is 1.91 bits per heavy atom. The molecule has 2 N–H and O–H groups in total. The summed E-state index contributed by atoms with van der Waals surface area (Å²) in [7, 11) is -3.52. The third kappa shape index (κ3) is 4.99. The van der Waals surface area contributed by atoms with Gasteiger partial charge < -0.3 is 5.32 Å². The molecule has 0 aliphatic carbocycles. The summed E-state index contributed by atoms with van der Waals surface area (Å²) in [6.07, 6.45) is 4.49. The van der Waals surface area contributed by atoms with Crippen LogP contribution in [0.2, 0.25) is 0 Å². The Morgan fingerprint density at radius 1 is 1.13 bits per heavy atom. The number of nitrogens with zero attached hydrogens (tertiary/aromatic N) is 1. The summed E-state index contributed by atoms with van der Waals surface area (Å²) in [5.74, 6) is 0.591. The van der Waals surface area contributed by atoms with Crippen LogP contribution in [0.1, 0.15) is 27.2 Å². The molecule has 0 saturated heterocycles. The molecule has 1 unspecified atom stereocenters. The fourth-order valence-electron chi connectivity index (χ4n) is 2.29. The molecule has 2 aromatic rings. The van der Waals surface area contributed by atoms with Crippen LogP contribution in [0.3, 0.4) is 0 Å². The van der Waals surface area contributed by atoms with E-state index in [1.54, 1.807) is 30.6 Å². The van der Waals surface area contributed by atoms with Gasteiger partial charge in [-0.2, -0.15) is 0 Å². The lowest BCUT2D eigenvalue weighted by molar-refractivity contribution is 0.473. The third-order valence-electron chi connectivity index (χ3n) is 3.92. The molecule has 23 heavy (non-hydrogen) atoms. The van der Waals surface area contributed by atoms with Crippen molar-refractivity contribution in [1.29, 1.82) is 0 Å². The Labute approximate surface area is 138 Å². The molecule has 2 rings (SSSR count). The first kappa shape index (κ1) is 17.8. The Hall–Kier alpha value is -1.50. The van der Waals surface area contributed by atoms with Gasteiger partial charge >= 0.3 is 0 Å². The Balaban J connectivity index is 2.02. The van der Waals surface area contributed by atoms with Crippen molar-refractivity contribution in [3.05, 3.63) is 36.7 Å². The Kier molecular flexibility index (Phi) is 6.10. The highest BCUT2D eigenvalue weighted by Crippen LogP contribution is 2.18. The zero-order chi connectivity index (χ0) is 16.9. The first-order chi connectivity index (χ1) is 10.9. The first-order valence-corrected chi connectivity index (χ1v) is 9.47. The van der Waals surface area contributed by atoms with Gasteiger partial charge in [-0.05, 0) is 43.0 Å². The number of aromatic nitrogens is 1. The highest BCUT2D eigenvalue weighted by molar-refractivity contribution is 7.89. The zero-order valence-electron chi connectivity index (χ0n) is 13.9. The van der Waals surface area contributed by atoms with Gasteiger partial charge in [0.05, 0.1) is 4.90 Å². The summed E-state index contributed by atoms with van der Waals surface area (Å²) in [6, 6.07) is 6.72. The predicted molar refractivity (Wildman–Crippen MR) is 93.9 cm³/mol. The van der Waals surface area contributed by atoms with Crippen LogP contribution in [0.25, 0.3) is 10.8 Å². The van der Waals surface area contributed by atoms with E-state index in [1.807, 2.05) is 13.0 Å². The van der Waals surface area contributed by atoms with E-state index in [2.05, 4.69) is 28.9 Å². The summed E-state index contributed by atoms with van der Waals surface area (Å²) in [4.78, 5) is 4.32. The molecule has 0 aliphatic rings. The van der Waals surface area contributed by atoms with Gasteiger partial charge in [0.25, 0.3) is 0 Å². The van der Waals surface area contributed by atoms with Crippen molar-refractivity contribution in [2.45, 2.75) is 38.1 Å². The van der Waals surface area contributed by atoms with Crippen molar-refractivity contribution in [3.63, 3.8) is 0 Å².